The van der Waals surface area contributed by atoms with E-state index in [1.807, 2.05) is 0 Å². The zero-order valence-electron chi connectivity index (χ0n) is 17.8. The molecule has 0 atom stereocenters. The molecule has 2 aliphatic heterocycles. The van der Waals surface area contributed by atoms with Gasteiger partial charge in [-0.1, -0.05) is 12.1 Å². The Labute approximate surface area is 181 Å². The van der Waals surface area contributed by atoms with E-state index in [9.17, 15) is 19.2 Å². The van der Waals surface area contributed by atoms with Crippen molar-refractivity contribution in [2.45, 2.75) is 45.2 Å². The van der Waals surface area contributed by atoms with Gasteiger partial charge < -0.3 is 24.6 Å². The Kier molecular flexibility index (Phi) is 7.86. The van der Waals surface area contributed by atoms with Crippen LogP contribution >= 0.6 is 0 Å². The Hall–Kier alpha value is -3.10. The van der Waals surface area contributed by atoms with E-state index in [0.717, 1.165) is 18.5 Å². The molecule has 0 radical (unpaired) electrons. The van der Waals surface area contributed by atoms with Gasteiger partial charge in [-0.3, -0.25) is 9.59 Å². The van der Waals surface area contributed by atoms with Crippen molar-refractivity contribution in [1.82, 2.24) is 15.1 Å². The summed E-state index contributed by atoms with van der Waals surface area (Å²) in [5.41, 5.74) is 1.30. The van der Waals surface area contributed by atoms with Gasteiger partial charge in [-0.2, -0.15) is 0 Å². The molecule has 3 rings (SSSR count). The number of nitrogens with one attached hydrogen (secondary N) is 1. The Morgan fingerprint density at radius 3 is 2.39 bits per heavy atom. The largest absolute Gasteiger partial charge is 0.452 e. The molecular weight excluding hydrogens is 402 g/mol. The number of amides is 3. The molecule has 2 fully saturated rings. The number of likely N-dealkylation sites (tertiary alicyclic amines) is 2. The van der Waals surface area contributed by atoms with Crippen LogP contribution in [-0.2, 0) is 25.6 Å². The summed E-state index contributed by atoms with van der Waals surface area (Å²) in [5.74, 6) is -0.788. The third-order valence-corrected chi connectivity index (χ3v) is 5.45. The summed E-state index contributed by atoms with van der Waals surface area (Å²) >= 11 is 0. The molecule has 2 saturated heterocycles. The molecule has 9 heteroatoms. The minimum Gasteiger partial charge on any atom is -0.452 e. The van der Waals surface area contributed by atoms with E-state index >= 15 is 0 Å². The van der Waals surface area contributed by atoms with Crippen LogP contribution in [0, 0.1) is 0 Å². The summed E-state index contributed by atoms with van der Waals surface area (Å²) in [6.07, 6.45) is 2.39. The first-order chi connectivity index (χ1) is 15.0. The molecule has 0 unspecified atom stereocenters. The van der Waals surface area contributed by atoms with E-state index < -0.39 is 5.97 Å². The number of benzene rings is 1. The van der Waals surface area contributed by atoms with Crippen LogP contribution in [0.2, 0.25) is 0 Å². The Morgan fingerprint density at radius 2 is 1.77 bits per heavy atom. The second-order valence-corrected chi connectivity index (χ2v) is 7.72. The highest BCUT2D eigenvalue weighted by atomic mass is 16.6. The van der Waals surface area contributed by atoms with E-state index in [4.69, 9.17) is 9.47 Å². The Balaban J connectivity index is 1.38. The first-order valence-electron chi connectivity index (χ1n) is 10.7. The number of piperidine rings is 1. The smallest absolute Gasteiger partial charge is 0.409 e. The summed E-state index contributed by atoms with van der Waals surface area (Å²) in [7, 11) is 0. The lowest BCUT2D eigenvalue weighted by molar-refractivity contribution is -0.128. The molecule has 0 aromatic heterocycles. The van der Waals surface area contributed by atoms with Crippen molar-refractivity contribution in [3.05, 3.63) is 35.4 Å². The van der Waals surface area contributed by atoms with Gasteiger partial charge in [0, 0.05) is 38.6 Å². The van der Waals surface area contributed by atoms with Crippen molar-refractivity contribution < 1.29 is 28.7 Å². The van der Waals surface area contributed by atoms with Crippen LogP contribution in [0.5, 0.6) is 0 Å². The Bertz CT molecular complexity index is 802. The van der Waals surface area contributed by atoms with Gasteiger partial charge in [-0.15, -0.1) is 0 Å². The quantitative estimate of drug-likeness (QED) is 0.659. The second-order valence-electron chi connectivity index (χ2n) is 7.72. The molecule has 31 heavy (non-hydrogen) atoms. The van der Waals surface area contributed by atoms with Gasteiger partial charge in [0.2, 0.25) is 5.91 Å². The molecule has 3 amide bonds. The van der Waals surface area contributed by atoms with Crippen molar-refractivity contribution in [2.24, 2.45) is 0 Å². The highest BCUT2D eigenvalue weighted by Gasteiger charge is 2.25. The SMILES string of the molecule is CCOC(=O)N1CCC(NC(=O)COC(=O)c2ccc(CN3CCCC3=O)cc2)CC1. The topological polar surface area (TPSA) is 105 Å². The van der Waals surface area contributed by atoms with E-state index in [1.165, 1.54) is 0 Å². The number of ether oxygens (including phenoxy) is 2. The molecule has 0 saturated carbocycles. The maximum Gasteiger partial charge on any atom is 0.409 e. The average Bonchev–Trinajstić information content (AvgIpc) is 3.17. The first kappa shape index (κ1) is 22.6. The molecule has 9 nitrogen and oxygen atoms in total. The van der Waals surface area contributed by atoms with E-state index in [2.05, 4.69) is 5.32 Å². The third-order valence-electron chi connectivity index (χ3n) is 5.45. The molecular formula is C22H29N3O6. The molecule has 0 spiro atoms. The van der Waals surface area contributed by atoms with Gasteiger partial charge in [-0.25, -0.2) is 9.59 Å². The van der Waals surface area contributed by atoms with Gasteiger partial charge >= 0.3 is 12.1 Å². The summed E-state index contributed by atoms with van der Waals surface area (Å²) in [5, 5.41) is 2.84. The molecule has 168 valence electrons. The van der Waals surface area contributed by atoms with Gasteiger partial charge in [0.25, 0.3) is 5.91 Å². The first-order valence-corrected chi connectivity index (χ1v) is 10.7. The molecule has 2 heterocycles. The van der Waals surface area contributed by atoms with Gasteiger partial charge in [-0.05, 0) is 43.9 Å². The number of esters is 1. The number of hydrogen-bond acceptors (Lipinski definition) is 6. The fourth-order valence-corrected chi connectivity index (χ4v) is 3.74. The van der Waals surface area contributed by atoms with Crippen LogP contribution < -0.4 is 5.32 Å². The Morgan fingerprint density at radius 1 is 1.06 bits per heavy atom. The van der Waals surface area contributed by atoms with E-state index in [0.29, 0.717) is 51.1 Å². The third kappa shape index (κ3) is 6.44. The lowest BCUT2D eigenvalue weighted by Crippen LogP contribution is -2.47. The summed E-state index contributed by atoms with van der Waals surface area (Å²) in [6, 6.07) is 6.80. The van der Waals surface area contributed by atoms with E-state index in [1.54, 1.807) is 41.0 Å². The maximum absolute atomic E-state index is 12.2. The number of carbonyl (C=O) groups excluding carboxylic acids is 4. The standard InChI is InChI=1S/C22H29N3O6/c1-2-30-22(29)24-12-9-18(10-13-24)23-19(26)15-31-21(28)17-7-5-16(6-8-17)14-25-11-3-4-20(25)27/h5-8,18H,2-4,9-15H2,1H3,(H,23,26). The lowest BCUT2D eigenvalue weighted by atomic mass is 10.1. The van der Waals surface area contributed by atoms with Gasteiger partial charge in [0.1, 0.15) is 0 Å². The minimum atomic E-state index is -0.573. The van der Waals surface area contributed by atoms with E-state index in [-0.39, 0.29) is 30.6 Å². The molecule has 1 aromatic carbocycles. The average molecular weight is 431 g/mol. The van der Waals surface area contributed by atoms with Gasteiger partial charge in [0.15, 0.2) is 6.61 Å². The second kappa shape index (κ2) is 10.8. The molecule has 1 N–H and O–H groups in total. The molecule has 0 aliphatic carbocycles. The number of hydrogen-bond donors (Lipinski definition) is 1. The highest BCUT2D eigenvalue weighted by Crippen LogP contribution is 2.15. The minimum absolute atomic E-state index is 0.0653. The van der Waals surface area contributed by atoms with Crippen molar-refractivity contribution in [1.29, 1.82) is 0 Å². The summed E-state index contributed by atoms with van der Waals surface area (Å²) < 4.78 is 10.1. The highest BCUT2D eigenvalue weighted by molar-refractivity contribution is 5.91. The molecule has 1 aromatic rings. The van der Waals surface area contributed by atoms with Crippen LogP contribution in [0.25, 0.3) is 0 Å². The number of nitrogens with zero attached hydrogens (tertiary/aromatic N) is 2. The summed E-state index contributed by atoms with van der Waals surface area (Å²) in [6.45, 7) is 4.06. The predicted molar refractivity (Wildman–Crippen MR) is 111 cm³/mol. The maximum atomic E-state index is 12.2. The van der Waals surface area contributed by atoms with Crippen molar-refractivity contribution in [2.75, 3.05) is 32.8 Å². The fourth-order valence-electron chi connectivity index (χ4n) is 3.74. The molecule has 0 bridgehead atoms. The van der Waals surface area contributed by atoms with Crippen LogP contribution in [0.3, 0.4) is 0 Å². The normalized spacial score (nSPS) is 16.9. The number of rotatable bonds is 7. The summed E-state index contributed by atoms with van der Waals surface area (Å²) in [4.78, 5) is 51.1. The molecule has 2 aliphatic rings. The monoisotopic (exact) mass is 431 g/mol. The van der Waals surface area contributed by atoms with Crippen molar-refractivity contribution in [3.8, 4) is 0 Å². The zero-order valence-corrected chi connectivity index (χ0v) is 17.8. The zero-order chi connectivity index (χ0) is 22.2. The number of carbonyl (C=O) groups is 4. The van der Waals surface area contributed by atoms with Crippen molar-refractivity contribution >= 4 is 23.9 Å². The van der Waals surface area contributed by atoms with Gasteiger partial charge in [0.05, 0.1) is 12.2 Å². The fraction of sp³-hybridized carbons (Fsp3) is 0.545. The van der Waals surface area contributed by atoms with Crippen LogP contribution in [-0.4, -0.2) is 72.6 Å². The van der Waals surface area contributed by atoms with Crippen LogP contribution in [0.1, 0.15) is 48.5 Å². The predicted octanol–water partition coefficient (Wildman–Crippen LogP) is 1.70. The van der Waals surface area contributed by atoms with Crippen LogP contribution in [0.4, 0.5) is 4.79 Å². The van der Waals surface area contributed by atoms with Crippen molar-refractivity contribution in [3.63, 3.8) is 0 Å². The lowest BCUT2D eigenvalue weighted by Gasteiger charge is -2.31. The van der Waals surface area contributed by atoms with Crippen LogP contribution in [0.15, 0.2) is 24.3 Å².